The first-order chi connectivity index (χ1) is 7.24. The SMILES string of the molecule is CC1CN=C(Nc2ccc(I)cc2)SC1. The molecule has 15 heavy (non-hydrogen) atoms. The number of hydrogen-bond acceptors (Lipinski definition) is 3. The van der Waals surface area contributed by atoms with E-state index in [0.717, 1.165) is 23.2 Å². The normalized spacial score (nSPS) is 20.9. The third kappa shape index (κ3) is 3.38. The molecule has 0 aromatic heterocycles. The van der Waals surface area contributed by atoms with E-state index in [-0.39, 0.29) is 0 Å². The van der Waals surface area contributed by atoms with Crippen molar-refractivity contribution in [2.75, 3.05) is 17.6 Å². The van der Waals surface area contributed by atoms with Crippen LogP contribution in [-0.2, 0) is 0 Å². The Morgan fingerprint density at radius 1 is 1.40 bits per heavy atom. The first-order valence-electron chi connectivity index (χ1n) is 4.94. The molecular formula is C11H13IN2S. The van der Waals surface area contributed by atoms with Crippen molar-refractivity contribution >= 4 is 45.2 Å². The summed E-state index contributed by atoms with van der Waals surface area (Å²) in [6.45, 7) is 3.18. The lowest BCUT2D eigenvalue weighted by molar-refractivity contribution is 0.674. The van der Waals surface area contributed by atoms with Crippen LogP contribution in [0.25, 0.3) is 0 Å². The van der Waals surface area contributed by atoms with Crippen molar-refractivity contribution in [1.29, 1.82) is 0 Å². The van der Waals surface area contributed by atoms with Gasteiger partial charge in [-0.3, -0.25) is 4.99 Å². The van der Waals surface area contributed by atoms with E-state index in [2.05, 4.69) is 64.1 Å². The van der Waals surface area contributed by atoms with Gasteiger partial charge in [0.1, 0.15) is 0 Å². The molecule has 0 saturated carbocycles. The molecule has 2 rings (SSSR count). The van der Waals surface area contributed by atoms with Crippen LogP contribution in [0.15, 0.2) is 29.3 Å². The third-order valence-electron chi connectivity index (χ3n) is 2.15. The summed E-state index contributed by atoms with van der Waals surface area (Å²) in [6, 6.07) is 8.37. The molecule has 0 aliphatic carbocycles. The van der Waals surface area contributed by atoms with Crippen molar-refractivity contribution in [2.45, 2.75) is 6.92 Å². The zero-order chi connectivity index (χ0) is 10.7. The quantitative estimate of drug-likeness (QED) is 0.797. The van der Waals surface area contributed by atoms with E-state index < -0.39 is 0 Å². The van der Waals surface area contributed by atoms with Crippen molar-refractivity contribution in [3.05, 3.63) is 27.8 Å². The summed E-state index contributed by atoms with van der Waals surface area (Å²) in [7, 11) is 0. The molecule has 1 atom stereocenters. The molecule has 80 valence electrons. The van der Waals surface area contributed by atoms with Gasteiger partial charge in [-0.05, 0) is 52.8 Å². The first-order valence-corrected chi connectivity index (χ1v) is 7.00. The van der Waals surface area contributed by atoms with Crippen molar-refractivity contribution in [1.82, 2.24) is 0 Å². The average molecular weight is 332 g/mol. The highest BCUT2D eigenvalue weighted by molar-refractivity contribution is 14.1. The van der Waals surface area contributed by atoms with Crippen LogP contribution in [0, 0.1) is 9.49 Å². The van der Waals surface area contributed by atoms with Crippen molar-refractivity contribution in [3.63, 3.8) is 0 Å². The number of halogens is 1. The molecule has 1 unspecified atom stereocenters. The van der Waals surface area contributed by atoms with Gasteiger partial charge in [0.15, 0.2) is 5.17 Å². The van der Waals surface area contributed by atoms with E-state index in [9.17, 15) is 0 Å². The van der Waals surface area contributed by atoms with Crippen LogP contribution in [0.4, 0.5) is 5.69 Å². The summed E-state index contributed by atoms with van der Waals surface area (Å²) in [5.74, 6) is 1.87. The van der Waals surface area contributed by atoms with Gasteiger partial charge in [0.25, 0.3) is 0 Å². The van der Waals surface area contributed by atoms with Crippen molar-refractivity contribution < 1.29 is 0 Å². The van der Waals surface area contributed by atoms with Gasteiger partial charge in [0.2, 0.25) is 0 Å². The second-order valence-electron chi connectivity index (χ2n) is 3.69. The Balaban J connectivity index is 2.00. The topological polar surface area (TPSA) is 24.4 Å². The Morgan fingerprint density at radius 2 is 2.13 bits per heavy atom. The fourth-order valence-electron chi connectivity index (χ4n) is 1.29. The van der Waals surface area contributed by atoms with Gasteiger partial charge in [0.05, 0.1) is 0 Å². The van der Waals surface area contributed by atoms with Crippen LogP contribution < -0.4 is 5.32 Å². The van der Waals surface area contributed by atoms with Gasteiger partial charge in [-0.2, -0.15) is 0 Å². The lowest BCUT2D eigenvalue weighted by Gasteiger charge is -2.17. The molecule has 0 spiro atoms. The van der Waals surface area contributed by atoms with Crippen LogP contribution >= 0.6 is 34.4 Å². The summed E-state index contributed by atoms with van der Waals surface area (Å²) in [6.07, 6.45) is 0. The standard InChI is InChI=1S/C11H13IN2S/c1-8-6-13-11(15-7-8)14-10-4-2-9(12)3-5-10/h2-5,8H,6-7H2,1H3,(H,13,14). The molecule has 4 heteroatoms. The van der Waals surface area contributed by atoms with Gasteiger partial charge in [-0.25, -0.2) is 0 Å². The zero-order valence-corrected chi connectivity index (χ0v) is 11.5. The Morgan fingerprint density at radius 3 is 2.73 bits per heavy atom. The molecule has 0 amide bonds. The highest BCUT2D eigenvalue weighted by Crippen LogP contribution is 2.19. The molecule has 1 aromatic rings. The maximum atomic E-state index is 4.49. The molecule has 1 aromatic carbocycles. The van der Waals surface area contributed by atoms with Gasteiger partial charge in [-0.1, -0.05) is 18.7 Å². The van der Waals surface area contributed by atoms with Crippen LogP contribution in [0.5, 0.6) is 0 Å². The number of rotatable bonds is 1. The summed E-state index contributed by atoms with van der Waals surface area (Å²) in [5.41, 5.74) is 1.12. The Kier molecular flexibility index (Phi) is 3.91. The van der Waals surface area contributed by atoms with Crippen LogP contribution in [0.3, 0.4) is 0 Å². The molecule has 2 nitrogen and oxygen atoms in total. The van der Waals surface area contributed by atoms with E-state index in [0.29, 0.717) is 5.92 Å². The predicted octanol–water partition coefficient (Wildman–Crippen LogP) is 3.44. The van der Waals surface area contributed by atoms with Gasteiger partial charge in [0, 0.05) is 21.6 Å². The second-order valence-corrected chi connectivity index (χ2v) is 5.95. The van der Waals surface area contributed by atoms with Crippen LogP contribution in [-0.4, -0.2) is 17.5 Å². The Bertz CT molecular complexity index is 361. The lowest BCUT2D eigenvalue weighted by Crippen LogP contribution is -2.18. The van der Waals surface area contributed by atoms with E-state index >= 15 is 0 Å². The number of hydrogen-bond donors (Lipinski definition) is 1. The molecule has 1 aliphatic heterocycles. The minimum Gasteiger partial charge on any atom is -0.335 e. The fraction of sp³-hybridized carbons (Fsp3) is 0.364. The van der Waals surface area contributed by atoms with E-state index in [1.165, 1.54) is 3.57 Å². The van der Waals surface area contributed by atoms with E-state index in [1.807, 2.05) is 11.8 Å². The van der Waals surface area contributed by atoms with E-state index in [1.54, 1.807) is 0 Å². The zero-order valence-electron chi connectivity index (χ0n) is 8.53. The number of nitrogens with one attached hydrogen (secondary N) is 1. The number of aliphatic imine (C=N–C) groups is 1. The maximum absolute atomic E-state index is 4.49. The second kappa shape index (κ2) is 5.21. The highest BCUT2D eigenvalue weighted by Gasteiger charge is 2.11. The van der Waals surface area contributed by atoms with E-state index in [4.69, 9.17) is 0 Å². The van der Waals surface area contributed by atoms with Crippen molar-refractivity contribution in [3.8, 4) is 0 Å². The number of nitrogens with zero attached hydrogens (tertiary/aromatic N) is 1. The number of anilines is 1. The molecule has 1 aliphatic rings. The molecule has 0 bridgehead atoms. The summed E-state index contributed by atoms with van der Waals surface area (Å²) in [4.78, 5) is 4.49. The Hall–Kier alpha value is -0.230. The summed E-state index contributed by atoms with van der Waals surface area (Å²) >= 11 is 4.11. The summed E-state index contributed by atoms with van der Waals surface area (Å²) < 4.78 is 1.25. The molecule has 1 heterocycles. The largest absolute Gasteiger partial charge is 0.335 e. The van der Waals surface area contributed by atoms with Crippen molar-refractivity contribution in [2.24, 2.45) is 10.9 Å². The highest BCUT2D eigenvalue weighted by atomic mass is 127. The van der Waals surface area contributed by atoms with Gasteiger partial charge < -0.3 is 5.32 Å². The Labute approximate surface area is 108 Å². The molecular weight excluding hydrogens is 319 g/mol. The third-order valence-corrected chi connectivity index (χ3v) is 4.11. The lowest BCUT2D eigenvalue weighted by atomic mass is 10.2. The van der Waals surface area contributed by atoms with Gasteiger partial charge in [-0.15, -0.1) is 0 Å². The summed E-state index contributed by atoms with van der Waals surface area (Å²) in [5, 5.41) is 4.39. The first kappa shape index (κ1) is 11.3. The number of amidine groups is 1. The minimum absolute atomic E-state index is 0.706. The van der Waals surface area contributed by atoms with Crippen LogP contribution in [0.2, 0.25) is 0 Å². The smallest absolute Gasteiger partial charge is 0.161 e. The van der Waals surface area contributed by atoms with Crippen LogP contribution in [0.1, 0.15) is 6.92 Å². The average Bonchev–Trinajstić information content (AvgIpc) is 2.25. The fourth-order valence-corrected chi connectivity index (χ4v) is 2.55. The van der Waals surface area contributed by atoms with Gasteiger partial charge >= 0.3 is 0 Å². The number of benzene rings is 1. The molecule has 0 fully saturated rings. The molecule has 0 saturated heterocycles. The predicted molar refractivity (Wildman–Crippen MR) is 76.7 cm³/mol. The molecule has 1 N–H and O–H groups in total. The maximum Gasteiger partial charge on any atom is 0.161 e. The monoisotopic (exact) mass is 332 g/mol. The number of thioether (sulfide) groups is 1. The molecule has 0 radical (unpaired) electrons. The minimum atomic E-state index is 0.706.